The molecule has 6 heteroatoms. The number of amides is 1. The highest BCUT2D eigenvalue weighted by Gasteiger charge is 2.24. The summed E-state index contributed by atoms with van der Waals surface area (Å²) in [5, 5.41) is 10.7. The van der Waals surface area contributed by atoms with Gasteiger partial charge >= 0.3 is 0 Å². The molecule has 144 valence electrons. The van der Waals surface area contributed by atoms with Crippen molar-refractivity contribution in [2.45, 2.75) is 19.3 Å². The zero-order valence-electron chi connectivity index (χ0n) is 16.1. The van der Waals surface area contributed by atoms with Crippen LogP contribution in [0.25, 0.3) is 5.69 Å². The van der Waals surface area contributed by atoms with Crippen molar-refractivity contribution in [1.29, 1.82) is 0 Å². The van der Waals surface area contributed by atoms with E-state index in [9.17, 15) is 4.79 Å². The monoisotopic (exact) mass is 375 g/mol. The molecule has 1 aliphatic heterocycles. The predicted octanol–water partition coefficient (Wildman–Crippen LogP) is 2.80. The van der Waals surface area contributed by atoms with Gasteiger partial charge in [0.25, 0.3) is 5.91 Å². The van der Waals surface area contributed by atoms with Gasteiger partial charge in [0.05, 0.1) is 11.3 Å². The summed E-state index contributed by atoms with van der Waals surface area (Å²) in [5.41, 5.74) is 4.23. The van der Waals surface area contributed by atoms with E-state index < -0.39 is 0 Å². The molecular weight excluding hydrogens is 350 g/mol. The fraction of sp³-hybridized carbons (Fsp3) is 0.318. The third-order valence-corrected chi connectivity index (χ3v) is 5.46. The molecule has 6 nitrogen and oxygen atoms in total. The molecule has 1 N–H and O–H groups in total. The molecule has 0 aliphatic carbocycles. The number of carbonyl (C=O) groups excluding carboxylic acids is 1. The quantitative estimate of drug-likeness (QED) is 0.720. The first-order valence-corrected chi connectivity index (χ1v) is 9.72. The van der Waals surface area contributed by atoms with Crippen LogP contribution in [0, 0.1) is 6.92 Å². The largest absolute Gasteiger partial charge is 0.351 e. The molecule has 1 fully saturated rings. The van der Waals surface area contributed by atoms with E-state index in [0.29, 0.717) is 18.0 Å². The molecule has 1 amide bonds. The van der Waals surface area contributed by atoms with E-state index in [1.54, 1.807) is 17.2 Å². The summed E-state index contributed by atoms with van der Waals surface area (Å²) in [5.74, 6) is 0.519. The Balaban J connectivity index is 1.32. The highest BCUT2D eigenvalue weighted by Crippen LogP contribution is 2.28. The molecule has 2 heterocycles. The number of nitrogens with zero attached hydrogens (tertiary/aromatic N) is 4. The van der Waals surface area contributed by atoms with E-state index in [2.05, 4.69) is 51.6 Å². The van der Waals surface area contributed by atoms with E-state index >= 15 is 0 Å². The number of hydrogen-bond acceptors (Lipinski definition) is 4. The Labute approximate surface area is 165 Å². The van der Waals surface area contributed by atoms with Crippen LogP contribution >= 0.6 is 0 Å². The van der Waals surface area contributed by atoms with Gasteiger partial charge in [0.1, 0.15) is 12.7 Å². The smallest absolute Gasteiger partial charge is 0.253 e. The Kier molecular flexibility index (Phi) is 5.48. The number of carbonyl (C=O) groups is 1. The molecule has 3 aromatic rings. The van der Waals surface area contributed by atoms with E-state index in [1.807, 2.05) is 24.3 Å². The molecule has 0 spiro atoms. The summed E-state index contributed by atoms with van der Waals surface area (Å²) in [7, 11) is 0. The summed E-state index contributed by atoms with van der Waals surface area (Å²) in [6, 6.07) is 16.1. The van der Waals surface area contributed by atoms with Crippen molar-refractivity contribution in [3.8, 4) is 5.69 Å². The highest BCUT2D eigenvalue weighted by molar-refractivity contribution is 5.97. The molecule has 2 aromatic carbocycles. The highest BCUT2D eigenvalue weighted by atomic mass is 16.1. The van der Waals surface area contributed by atoms with Gasteiger partial charge < -0.3 is 10.2 Å². The lowest BCUT2D eigenvalue weighted by Crippen LogP contribution is -2.34. The first kappa shape index (κ1) is 18.4. The van der Waals surface area contributed by atoms with E-state index in [-0.39, 0.29) is 5.91 Å². The van der Waals surface area contributed by atoms with Crippen molar-refractivity contribution in [2.24, 2.45) is 0 Å². The maximum Gasteiger partial charge on any atom is 0.253 e. The lowest BCUT2D eigenvalue weighted by atomic mass is 9.94. The van der Waals surface area contributed by atoms with E-state index in [1.165, 1.54) is 17.5 Å². The Morgan fingerprint density at radius 1 is 1.11 bits per heavy atom. The first-order valence-electron chi connectivity index (χ1n) is 9.72. The van der Waals surface area contributed by atoms with Crippen molar-refractivity contribution in [3.63, 3.8) is 0 Å². The maximum absolute atomic E-state index is 12.7. The van der Waals surface area contributed by atoms with Gasteiger partial charge in [-0.25, -0.2) is 0 Å². The number of nitrogens with one attached hydrogen (secondary N) is 1. The van der Waals surface area contributed by atoms with Crippen LogP contribution in [0.1, 0.15) is 33.8 Å². The van der Waals surface area contributed by atoms with Gasteiger partial charge in [-0.05, 0) is 49.1 Å². The molecule has 4 rings (SSSR count). The van der Waals surface area contributed by atoms with Crippen molar-refractivity contribution >= 4 is 5.91 Å². The Bertz CT molecular complexity index is 938. The van der Waals surface area contributed by atoms with Gasteiger partial charge in [-0.2, -0.15) is 0 Å². The van der Waals surface area contributed by atoms with E-state index in [0.717, 1.165) is 25.3 Å². The van der Waals surface area contributed by atoms with Crippen molar-refractivity contribution in [2.75, 3.05) is 26.2 Å². The number of para-hydroxylation sites is 1. The van der Waals surface area contributed by atoms with Gasteiger partial charge in [-0.1, -0.05) is 36.4 Å². The van der Waals surface area contributed by atoms with Crippen LogP contribution in [0.3, 0.4) is 0 Å². The first-order chi connectivity index (χ1) is 13.7. The molecule has 1 aromatic heterocycles. The number of benzene rings is 2. The van der Waals surface area contributed by atoms with Gasteiger partial charge in [0, 0.05) is 19.6 Å². The second kappa shape index (κ2) is 8.35. The molecular formula is C22H25N5O. The molecule has 28 heavy (non-hydrogen) atoms. The molecule has 1 aliphatic rings. The predicted molar refractivity (Wildman–Crippen MR) is 109 cm³/mol. The van der Waals surface area contributed by atoms with Crippen molar-refractivity contribution < 1.29 is 4.79 Å². The van der Waals surface area contributed by atoms with Gasteiger partial charge in [0.2, 0.25) is 0 Å². The van der Waals surface area contributed by atoms with Crippen molar-refractivity contribution in [3.05, 3.63) is 77.9 Å². The van der Waals surface area contributed by atoms with Gasteiger partial charge in [0.15, 0.2) is 0 Å². The summed E-state index contributed by atoms with van der Waals surface area (Å²) >= 11 is 0. The standard InChI is InChI=1S/C22H25N5O/c1-17-6-2-3-7-19(17)18-10-12-26(14-18)13-11-23-22(28)20-8-4-5-9-21(20)27-15-24-25-16-27/h2-9,15-16,18H,10-14H2,1H3,(H,23,28). The summed E-state index contributed by atoms with van der Waals surface area (Å²) in [6.07, 6.45) is 4.37. The number of likely N-dealkylation sites (tertiary alicyclic amines) is 1. The van der Waals surface area contributed by atoms with Crippen LogP contribution in [0.5, 0.6) is 0 Å². The fourth-order valence-electron chi connectivity index (χ4n) is 3.97. The average molecular weight is 375 g/mol. The minimum atomic E-state index is -0.0704. The minimum Gasteiger partial charge on any atom is -0.351 e. The topological polar surface area (TPSA) is 63.1 Å². The number of rotatable bonds is 6. The zero-order chi connectivity index (χ0) is 19.3. The zero-order valence-corrected chi connectivity index (χ0v) is 16.1. The number of aromatic nitrogens is 3. The van der Waals surface area contributed by atoms with Crippen LogP contribution in [0.2, 0.25) is 0 Å². The minimum absolute atomic E-state index is 0.0704. The van der Waals surface area contributed by atoms with Crippen molar-refractivity contribution in [1.82, 2.24) is 25.0 Å². The van der Waals surface area contributed by atoms with Gasteiger partial charge in [-0.15, -0.1) is 10.2 Å². The summed E-state index contributed by atoms with van der Waals surface area (Å²) in [4.78, 5) is 15.1. The molecule has 0 bridgehead atoms. The Hall–Kier alpha value is -2.99. The second-order valence-electron chi connectivity index (χ2n) is 7.28. The SMILES string of the molecule is Cc1ccccc1C1CCN(CCNC(=O)c2ccccc2-n2cnnc2)C1. The summed E-state index contributed by atoms with van der Waals surface area (Å²) in [6.45, 7) is 5.81. The molecule has 0 radical (unpaired) electrons. The third kappa shape index (κ3) is 3.97. The van der Waals surface area contributed by atoms with Crippen LogP contribution in [0.15, 0.2) is 61.2 Å². The number of hydrogen-bond donors (Lipinski definition) is 1. The third-order valence-electron chi connectivity index (χ3n) is 5.46. The molecule has 0 saturated carbocycles. The average Bonchev–Trinajstić information content (AvgIpc) is 3.41. The van der Waals surface area contributed by atoms with Crippen LogP contribution in [-0.4, -0.2) is 51.8 Å². The van der Waals surface area contributed by atoms with Crippen LogP contribution < -0.4 is 5.32 Å². The van der Waals surface area contributed by atoms with Crippen LogP contribution in [0.4, 0.5) is 0 Å². The maximum atomic E-state index is 12.7. The fourth-order valence-corrected chi connectivity index (χ4v) is 3.97. The molecule has 1 atom stereocenters. The normalized spacial score (nSPS) is 17.0. The lowest BCUT2D eigenvalue weighted by Gasteiger charge is -2.18. The molecule has 1 saturated heterocycles. The Morgan fingerprint density at radius 3 is 2.68 bits per heavy atom. The lowest BCUT2D eigenvalue weighted by molar-refractivity contribution is 0.0949. The second-order valence-corrected chi connectivity index (χ2v) is 7.28. The van der Waals surface area contributed by atoms with E-state index in [4.69, 9.17) is 0 Å². The Morgan fingerprint density at radius 2 is 1.86 bits per heavy atom. The number of aryl methyl sites for hydroxylation is 1. The van der Waals surface area contributed by atoms with Gasteiger partial charge in [-0.3, -0.25) is 9.36 Å². The molecule has 1 unspecified atom stereocenters. The summed E-state index contributed by atoms with van der Waals surface area (Å²) < 4.78 is 1.75. The van der Waals surface area contributed by atoms with Crippen LogP contribution in [-0.2, 0) is 0 Å².